The van der Waals surface area contributed by atoms with Gasteiger partial charge in [-0.2, -0.15) is 0 Å². The quantitative estimate of drug-likeness (QED) is 0.690. The number of thiazole rings is 1. The number of benzene rings is 1. The Labute approximate surface area is 156 Å². The Bertz CT molecular complexity index is 819. The summed E-state index contributed by atoms with van der Waals surface area (Å²) in [4.78, 5) is 16.5. The van der Waals surface area contributed by atoms with E-state index < -0.39 is 10.0 Å². The normalized spacial score (nSPS) is 11.7. The molecular formula is C16H20ClN3O3S2. The van der Waals surface area contributed by atoms with Gasteiger partial charge in [0.2, 0.25) is 10.0 Å². The molecule has 1 amide bonds. The first kappa shape index (κ1) is 19.8. The number of rotatable bonds is 8. The average Bonchev–Trinajstić information content (AvgIpc) is 3.04. The third kappa shape index (κ3) is 5.78. The minimum atomic E-state index is -3.20. The highest BCUT2D eigenvalue weighted by Crippen LogP contribution is 2.25. The van der Waals surface area contributed by atoms with Gasteiger partial charge in [-0.15, -0.1) is 11.3 Å². The van der Waals surface area contributed by atoms with Crippen LogP contribution in [0.3, 0.4) is 0 Å². The van der Waals surface area contributed by atoms with Crippen LogP contribution in [0.25, 0.3) is 10.6 Å². The molecule has 6 nitrogen and oxygen atoms in total. The molecule has 0 unspecified atom stereocenters. The number of nitrogens with zero attached hydrogens (tertiary/aromatic N) is 2. The SMILES string of the molecule is CCN(CCCNC(=O)c1csc(-c2ccc(Cl)cc2)n1)S(C)(=O)=O. The largest absolute Gasteiger partial charge is 0.351 e. The van der Waals surface area contributed by atoms with Crippen molar-refractivity contribution >= 4 is 38.9 Å². The highest BCUT2D eigenvalue weighted by atomic mass is 35.5. The summed E-state index contributed by atoms with van der Waals surface area (Å²) in [6.45, 7) is 2.97. The second-order valence-electron chi connectivity index (χ2n) is 5.41. The van der Waals surface area contributed by atoms with Gasteiger partial charge in [0.15, 0.2) is 0 Å². The lowest BCUT2D eigenvalue weighted by Gasteiger charge is -2.17. The maximum absolute atomic E-state index is 12.1. The lowest BCUT2D eigenvalue weighted by atomic mass is 10.2. The molecule has 1 aromatic heterocycles. The first-order valence-corrected chi connectivity index (χ1v) is 10.9. The number of hydrogen-bond donors (Lipinski definition) is 1. The van der Waals surface area contributed by atoms with Gasteiger partial charge in [-0.25, -0.2) is 17.7 Å². The zero-order valence-corrected chi connectivity index (χ0v) is 16.4. The van der Waals surface area contributed by atoms with Crippen molar-refractivity contribution in [1.29, 1.82) is 0 Å². The van der Waals surface area contributed by atoms with Crippen LogP contribution < -0.4 is 5.32 Å². The van der Waals surface area contributed by atoms with Gasteiger partial charge in [0.05, 0.1) is 6.26 Å². The summed E-state index contributed by atoms with van der Waals surface area (Å²) in [7, 11) is -3.20. The van der Waals surface area contributed by atoms with E-state index in [-0.39, 0.29) is 5.91 Å². The highest BCUT2D eigenvalue weighted by molar-refractivity contribution is 7.88. The van der Waals surface area contributed by atoms with E-state index in [1.165, 1.54) is 21.9 Å². The maximum Gasteiger partial charge on any atom is 0.270 e. The smallest absolute Gasteiger partial charge is 0.270 e. The van der Waals surface area contributed by atoms with Crippen molar-refractivity contribution in [2.24, 2.45) is 0 Å². The lowest BCUT2D eigenvalue weighted by Crippen LogP contribution is -2.33. The zero-order valence-electron chi connectivity index (χ0n) is 14.0. The van der Waals surface area contributed by atoms with Crippen molar-refractivity contribution in [1.82, 2.24) is 14.6 Å². The molecule has 0 bridgehead atoms. The molecule has 25 heavy (non-hydrogen) atoms. The van der Waals surface area contributed by atoms with Crippen LogP contribution in [-0.2, 0) is 10.0 Å². The molecule has 9 heteroatoms. The topological polar surface area (TPSA) is 79.4 Å². The fourth-order valence-electron chi connectivity index (χ4n) is 2.21. The van der Waals surface area contributed by atoms with Crippen molar-refractivity contribution < 1.29 is 13.2 Å². The molecule has 1 aromatic carbocycles. The summed E-state index contributed by atoms with van der Waals surface area (Å²) < 4.78 is 24.4. The Hall–Kier alpha value is -1.48. The molecule has 0 spiro atoms. The fourth-order valence-corrected chi connectivity index (χ4v) is 4.07. The summed E-state index contributed by atoms with van der Waals surface area (Å²) in [5.41, 5.74) is 1.26. The van der Waals surface area contributed by atoms with E-state index in [9.17, 15) is 13.2 Å². The van der Waals surface area contributed by atoms with Crippen LogP contribution in [-0.4, -0.2) is 49.5 Å². The Kier molecular flexibility index (Phi) is 6.95. The Morgan fingerprint density at radius 2 is 2.00 bits per heavy atom. The molecule has 0 fully saturated rings. The van der Waals surface area contributed by atoms with Gasteiger partial charge < -0.3 is 5.32 Å². The van der Waals surface area contributed by atoms with Gasteiger partial charge in [0, 0.05) is 35.6 Å². The van der Waals surface area contributed by atoms with Gasteiger partial charge in [-0.3, -0.25) is 4.79 Å². The first-order chi connectivity index (χ1) is 11.8. The van der Waals surface area contributed by atoms with Crippen molar-refractivity contribution in [2.75, 3.05) is 25.9 Å². The molecule has 1 N–H and O–H groups in total. The van der Waals surface area contributed by atoms with Crippen LogP contribution in [0, 0.1) is 0 Å². The van der Waals surface area contributed by atoms with Crippen molar-refractivity contribution in [3.63, 3.8) is 0 Å². The predicted octanol–water partition coefficient (Wildman–Crippen LogP) is 2.86. The summed E-state index contributed by atoms with van der Waals surface area (Å²) in [5.74, 6) is -0.265. The number of nitrogens with one attached hydrogen (secondary N) is 1. The molecule has 1 heterocycles. The standard InChI is InChI=1S/C16H20ClN3O3S2/c1-3-20(25(2,22)23)10-4-9-18-15(21)14-11-24-16(19-14)12-5-7-13(17)8-6-12/h5-8,11H,3-4,9-10H2,1-2H3,(H,18,21). The molecule has 0 atom stereocenters. The van der Waals surface area contributed by atoms with E-state index >= 15 is 0 Å². The van der Waals surface area contributed by atoms with Gasteiger partial charge in [-0.1, -0.05) is 30.7 Å². The molecule has 0 aliphatic heterocycles. The van der Waals surface area contributed by atoms with E-state index in [0.29, 0.717) is 36.8 Å². The highest BCUT2D eigenvalue weighted by Gasteiger charge is 2.14. The minimum absolute atomic E-state index is 0.265. The van der Waals surface area contributed by atoms with E-state index in [1.54, 1.807) is 24.4 Å². The Balaban J connectivity index is 1.87. The van der Waals surface area contributed by atoms with Crippen LogP contribution in [0.1, 0.15) is 23.8 Å². The van der Waals surface area contributed by atoms with Gasteiger partial charge >= 0.3 is 0 Å². The van der Waals surface area contributed by atoms with Crippen LogP contribution in [0.4, 0.5) is 0 Å². The predicted molar refractivity (Wildman–Crippen MR) is 102 cm³/mol. The van der Waals surface area contributed by atoms with Crippen LogP contribution in [0.5, 0.6) is 0 Å². The van der Waals surface area contributed by atoms with Crippen LogP contribution >= 0.6 is 22.9 Å². The minimum Gasteiger partial charge on any atom is -0.351 e. The monoisotopic (exact) mass is 401 g/mol. The summed E-state index contributed by atoms with van der Waals surface area (Å²) in [5, 5.41) is 5.86. The third-order valence-corrected chi connectivity index (χ3v) is 6.04. The number of carbonyl (C=O) groups is 1. The van der Waals surface area contributed by atoms with Gasteiger partial charge in [0.25, 0.3) is 5.91 Å². The Morgan fingerprint density at radius 1 is 1.32 bits per heavy atom. The number of aromatic nitrogens is 1. The number of halogens is 1. The molecule has 0 aliphatic carbocycles. The number of hydrogen-bond acceptors (Lipinski definition) is 5. The average molecular weight is 402 g/mol. The van der Waals surface area contributed by atoms with Crippen LogP contribution in [0.15, 0.2) is 29.6 Å². The molecule has 0 saturated heterocycles. The summed E-state index contributed by atoms with van der Waals surface area (Å²) in [6, 6.07) is 7.26. The molecule has 2 aromatic rings. The van der Waals surface area contributed by atoms with E-state index in [4.69, 9.17) is 11.6 Å². The van der Waals surface area contributed by atoms with Gasteiger partial charge in [0.1, 0.15) is 10.7 Å². The number of sulfonamides is 1. The molecule has 0 aliphatic rings. The van der Waals surface area contributed by atoms with E-state index in [1.807, 2.05) is 12.1 Å². The van der Waals surface area contributed by atoms with E-state index in [2.05, 4.69) is 10.3 Å². The fraction of sp³-hybridized carbons (Fsp3) is 0.375. The van der Waals surface area contributed by atoms with Gasteiger partial charge in [-0.05, 0) is 18.6 Å². The molecular weight excluding hydrogens is 382 g/mol. The second kappa shape index (κ2) is 8.75. The summed E-state index contributed by atoms with van der Waals surface area (Å²) >= 11 is 7.25. The first-order valence-electron chi connectivity index (χ1n) is 7.76. The molecule has 136 valence electrons. The van der Waals surface area contributed by atoms with Crippen molar-refractivity contribution in [3.8, 4) is 10.6 Å². The van der Waals surface area contributed by atoms with E-state index in [0.717, 1.165) is 10.6 Å². The number of carbonyl (C=O) groups excluding carboxylic acids is 1. The molecule has 0 radical (unpaired) electrons. The van der Waals surface area contributed by atoms with Crippen molar-refractivity contribution in [2.45, 2.75) is 13.3 Å². The molecule has 2 rings (SSSR count). The second-order valence-corrected chi connectivity index (χ2v) is 8.69. The maximum atomic E-state index is 12.1. The number of amides is 1. The summed E-state index contributed by atoms with van der Waals surface area (Å²) in [6.07, 6.45) is 1.73. The zero-order chi connectivity index (χ0) is 18.4. The molecule has 0 saturated carbocycles. The lowest BCUT2D eigenvalue weighted by molar-refractivity contribution is 0.0948. The van der Waals surface area contributed by atoms with Crippen LogP contribution in [0.2, 0.25) is 5.02 Å². The Morgan fingerprint density at radius 3 is 2.60 bits per heavy atom. The van der Waals surface area contributed by atoms with Crippen molar-refractivity contribution in [3.05, 3.63) is 40.4 Å². The third-order valence-electron chi connectivity index (χ3n) is 3.52.